The van der Waals surface area contributed by atoms with Crippen LogP contribution in [-0.4, -0.2) is 24.6 Å². The van der Waals surface area contributed by atoms with E-state index in [1.807, 2.05) is 30.3 Å². The molecule has 3 rings (SSSR count). The minimum atomic E-state index is -0.469. The summed E-state index contributed by atoms with van der Waals surface area (Å²) in [4.78, 5) is 24.3. The van der Waals surface area contributed by atoms with Gasteiger partial charge in [0.15, 0.2) is 0 Å². The predicted octanol–water partition coefficient (Wildman–Crippen LogP) is 4.03. The Morgan fingerprint density at radius 1 is 0.926 bits per heavy atom. The van der Waals surface area contributed by atoms with E-state index in [-0.39, 0.29) is 12.5 Å². The van der Waals surface area contributed by atoms with Crippen LogP contribution in [0.15, 0.2) is 65.8 Å². The number of amides is 2. The maximum Gasteiger partial charge on any atom is 0.259 e. The van der Waals surface area contributed by atoms with Crippen LogP contribution in [0.4, 0.5) is 0 Å². The van der Waals surface area contributed by atoms with E-state index in [0.717, 1.165) is 10.8 Å². The topological polar surface area (TPSA) is 70.6 Å². The van der Waals surface area contributed by atoms with E-state index in [9.17, 15) is 9.59 Å². The van der Waals surface area contributed by atoms with Gasteiger partial charge >= 0.3 is 0 Å². The van der Waals surface area contributed by atoms with Gasteiger partial charge in [-0.05, 0) is 29.0 Å². The number of rotatable bonds is 5. The van der Waals surface area contributed by atoms with Crippen LogP contribution < -0.4 is 10.7 Å². The minimum Gasteiger partial charge on any atom is -0.343 e. The molecule has 0 radical (unpaired) electrons. The van der Waals surface area contributed by atoms with Crippen molar-refractivity contribution in [1.29, 1.82) is 0 Å². The van der Waals surface area contributed by atoms with Crippen molar-refractivity contribution < 1.29 is 9.59 Å². The van der Waals surface area contributed by atoms with Crippen LogP contribution in [0, 0.1) is 0 Å². The first-order valence-electron chi connectivity index (χ1n) is 8.08. The van der Waals surface area contributed by atoms with Crippen molar-refractivity contribution in [3.8, 4) is 0 Å². The second-order valence-corrected chi connectivity index (χ2v) is 6.45. The molecule has 0 spiro atoms. The van der Waals surface area contributed by atoms with Crippen molar-refractivity contribution in [3.05, 3.63) is 81.8 Å². The number of hydrazone groups is 1. The molecule has 0 heterocycles. The highest BCUT2D eigenvalue weighted by molar-refractivity contribution is 6.38. The Morgan fingerprint density at radius 2 is 1.59 bits per heavy atom. The summed E-state index contributed by atoms with van der Waals surface area (Å²) in [7, 11) is 0. The minimum absolute atomic E-state index is 0.213. The van der Waals surface area contributed by atoms with Gasteiger partial charge in [0.2, 0.25) is 0 Å². The SMILES string of the molecule is O=C(CNC(=O)c1cccc2ccccc12)N/N=C\c1c(Cl)cccc1Cl. The molecule has 0 bridgehead atoms. The van der Waals surface area contributed by atoms with Gasteiger partial charge in [0.05, 0.1) is 22.8 Å². The summed E-state index contributed by atoms with van der Waals surface area (Å²) in [6.07, 6.45) is 1.36. The van der Waals surface area contributed by atoms with Crippen molar-refractivity contribution in [3.63, 3.8) is 0 Å². The molecule has 27 heavy (non-hydrogen) atoms. The first-order valence-corrected chi connectivity index (χ1v) is 8.84. The summed E-state index contributed by atoms with van der Waals surface area (Å²) in [5.41, 5.74) is 3.34. The lowest BCUT2D eigenvalue weighted by Gasteiger charge is -2.07. The lowest BCUT2D eigenvalue weighted by atomic mass is 10.0. The van der Waals surface area contributed by atoms with Gasteiger partial charge in [-0.1, -0.05) is 65.7 Å². The van der Waals surface area contributed by atoms with Crippen LogP contribution >= 0.6 is 23.2 Å². The summed E-state index contributed by atoms with van der Waals surface area (Å²) < 4.78 is 0. The number of carbonyl (C=O) groups excluding carboxylic acids is 2. The van der Waals surface area contributed by atoms with Gasteiger partial charge in [0, 0.05) is 11.1 Å². The summed E-state index contributed by atoms with van der Waals surface area (Å²) in [6.45, 7) is -0.213. The molecule has 7 heteroatoms. The molecule has 0 atom stereocenters. The number of halogens is 2. The molecule has 0 fully saturated rings. The predicted molar refractivity (Wildman–Crippen MR) is 108 cm³/mol. The number of hydrogen-bond acceptors (Lipinski definition) is 3. The average Bonchev–Trinajstić information content (AvgIpc) is 2.68. The fourth-order valence-electron chi connectivity index (χ4n) is 2.52. The summed E-state index contributed by atoms with van der Waals surface area (Å²) in [5, 5.41) is 9.02. The number of benzene rings is 3. The van der Waals surface area contributed by atoms with Crippen molar-refractivity contribution in [1.82, 2.24) is 10.7 Å². The molecule has 0 saturated carbocycles. The zero-order valence-electron chi connectivity index (χ0n) is 14.1. The Bertz CT molecular complexity index is 1010. The van der Waals surface area contributed by atoms with Crippen LogP contribution in [0.25, 0.3) is 10.8 Å². The molecular formula is C20H15Cl2N3O2. The highest BCUT2D eigenvalue weighted by Gasteiger charge is 2.11. The molecule has 0 saturated heterocycles. The maximum absolute atomic E-state index is 12.4. The third kappa shape index (κ3) is 4.64. The Morgan fingerprint density at radius 3 is 2.37 bits per heavy atom. The van der Waals surface area contributed by atoms with E-state index >= 15 is 0 Å². The van der Waals surface area contributed by atoms with Crippen LogP contribution in [0.1, 0.15) is 15.9 Å². The molecule has 0 aliphatic carbocycles. The first-order chi connectivity index (χ1) is 13.1. The smallest absolute Gasteiger partial charge is 0.259 e. The molecule has 5 nitrogen and oxygen atoms in total. The highest BCUT2D eigenvalue weighted by atomic mass is 35.5. The van der Waals surface area contributed by atoms with Gasteiger partial charge in [-0.25, -0.2) is 5.43 Å². The summed E-state index contributed by atoms with van der Waals surface area (Å²) in [6, 6.07) is 18.0. The largest absolute Gasteiger partial charge is 0.343 e. The Balaban J connectivity index is 1.59. The number of hydrogen-bond donors (Lipinski definition) is 2. The van der Waals surface area contributed by atoms with E-state index in [4.69, 9.17) is 23.2 Å². The standard InChI is InChI=1S/C20H15Cl2N3O2/c21-17-9-4-10-18(22)16(17)11-24-25-19(26)12-23-20(27)15-8-3-6-13-5-1-2-7-14(13)15/h1-11H,12H2,(H,23,27)(H,25,26)/b24-11-. The summed E-state index contributed by atoms with van der Waals surface area (Å²) >= 11 is 12.0. The third-order valence-corrected chi connectivity index (χ3v) is 4.49. The molecule has 3 aromatic rings. The molecule has 0 aliphatic rings. The van der Waals surface area contributed by atoms with Crippen molar-refractivity contribution in [2.45, 2.75) is 0 Å². The quantitative estimate of drug-likeness (QED) is 0.502. The second-order valence-electron chi connectivity index (χ2n) is 5.64. The lowest BCUT2D eigenvalue weighted by Crippen LogP contribution is -2.35. The van der Waals surface area contributed by atoms with Gasteiger partial charge in [0.1, 0.15) is 0 Å². The zero-order chi connectivity index (χ0) is 19.2. The van der Waals surface area contributed by atoms with E-state index in [2.05, 4.69) is 15.8 Å². The second kappa shape index (κ2) is 8.66. The molecule has 3 aromatic carbocycles. The maximum atomic E-state index is 12.4. The van der Waals surface area contributed by atoms with Crippen LogP contribution in [0.3, 0.4) is 0 Å². The summed E-state index contributed by atoms with van der Waals surface area (Å²) in [5.74, 6) is -0.803. The van der Waals surface area contributed by atoms with Gasteiger partial charge in [-0.3, -0.25) is 9.59 Å². The molecule has 2 N–H and O–H groups in total. The monoisotopic (exact) mass is 399 g/mol. The zero-order valence-corrected chi connectivity index (χ0v) is 15.6. The lowest BCUT2D eigenvalue weighted by molar-refractivity contribution is -0.120. The average molecular weight is 400 g/mol. The van der Waals surface area contributed by atoms with E-state index < -0.39 is 5.91 Å². The van der Waals surface area contributed by atoms with E-state index in [0.29, 0.717) is 21.2 Å². The molecular weight excluding hydrogens is 385 g/mol. The van der Waals surface area contributed by atoms with Crippen LogP contribution in [0.5, 0.6) is 0 Å². The van der Waals surface area contributed by atoms with Crippen molar-refractivity contribution in [2.24, 2.45) is 5.10 Å². The Hall–Kier alpha value is -2.89. The highest BCUT2D eigenvalue weighted by Crippen LogP contribution is 2.22. The van der Waals surface area contributed by atoms with E-state index in [1.165, 1.54) is 6.21 Å². The Labute approximate surface area is 166 Å². The number of fused-ring (bicyclic) bond motifs is 1. The van der Waals surface area contributed by atoms with Crippen LogP contribution in [0.2, 0.25) is 10.0 Å². The van der Waals surface area contributed by atoms with Gasteiger partial charge in [-0.15, -0.1) is 0 Å². The molecule has 136 valence electrons. The molecule has 2 amide bonds. The fourth-order valence-corrected chi connectivity index (χ4v) is 3.02. The number of nitrogens with one attached hydrogen (secondary N) is 2. The van der Waals surface area contributed by atoms with Crippen LogP contribution in [-0.2, 0) is 4.79 Å². The normalized spacial score (nSPS) is 10.9. The van der Waals surface area contributed by atoms with E-state index in [1.54, 1.807) is 30.3 Å². The van der Waals surface area contributed by atoms with Gasteiger partial charge in [-0.2, -0.15) is 5.10 Å². The van der Waals surface area contributed by atoms with Crippen molar-refractivity contribution in [2.75, 3.05) is 6.54 Å². The fraction of sp³-hybridized carbons (Fsp3) is 0.0500. The third-order valence-electron chi connectivity index (χ3n) is 3.83. The first kappa shape index (κ1) is 18.9. The molecule has 0 unspecified atom stereocenters. The molecule has 0 aliphatic heterocycles. The number of carbonyl (C=O) groups is 2. The molecule has 0 aromatic heterocycles. The van der Waals surface area contributed by atoms with Gasteiger partial charge in [0.25, 0.3) is 11.8 Å². The van der Waals surface area contributed by atoms with Gasteiger partial charge < -0.3 is 5.32 Å². The Kier molecular flexibility index (Phi) is 6.06. The number of nitrogens with zero attached hydrogens (tertiary/aromatic N) is 1. The van der Waals surface area contributed by atoms with Crippen molar-refractivity contribution >= 4 is 52.0 Å².